The van der Waals surface area contributed by atoms with E-state index in [4.69, 9.17) is 4.42 Å². The highest BCUT2D eigenvalue weighted by Gasteiger charge is 2.55. The number of carbonyl (C=O) groups is 3. The zero-order chi connectivity index (χ0) is 21.4. The number of fused-ring (bicyclic) bond motifs is 2. The number of allylic oxidation sites excluding steroid dienone is 2. The molecule has 0 radical (unpaired) electrons. The molecule has 1 aliphatic heterocycles. The summed E-state index contributed by atoms with van der Waals surface area (Å²) in [6.45, 7) is 0.00191. The van der Waals surface area contributed by atoms with Crippen LogP contribution in [0.4, 0.5) is 4.79 Å². The Morgan fingerprint density at radius 3 is 2.77 bits per heavy atom. The van der Waals surface area contributed by atoms with E-state index in [2.05, 4.69) is 11.4 Å². The summed E-state index contributed by atoms with van der Waals surface area (Å²) in [6.07, 6.45) is 8.71. The highest BCUT2D eigenvalue weighted by molar-refractivity contribution is 6.10. The smallest absolute Gasteiger partial charge is 0.325 e. The Hall–Kier alpha value is -3.35. The molecule has 0 saturated carbocycles. The van der Waals surface area contributed by atoms with E-state index in [1.807, 2.05) is 30.3 Å². The number of benzene rings is 1. The molecule has 7 nitrogen and oxygen atoms in total. The lowest BCUT2D eigenvalue weighted by Crippen LogP contribution is -2.44. The van der Waals surface area contributed by atoms with Crippen LogP contribution in [0.25, 0.3) is 0 Å². The second-order valence-electron chi connectivity index (χ2n) is 8.38. The van der Waals surface area contributed by atoms with Crippen LogP contribution in [0.15, 0.2) is 58.9 Å². The van der Waals surface area contributed by atoms with Gasteiger partial charge in [-0.25, -0.2) is 4.79 Å². The first-order chi connectivity index (χ1) is 15.1. The van der Waals surface area contributed by atoms with Crippen molar-refractivity contribution in [1.29, 1.82) is 0 Å². The van der Waals surface area contributed by atoms with Gasteiger partial charge in [0.1, 0.15) is 17.8 Å². The molecule has 4 amide bonds. The third-order valence-corrected chi connectivity index (χ3v) is 6.52. The normalized spacial score (nSPS) is 22.5. The van der Waals surface area contributed by atoms with E-state index in [0.717, 1.165) is 53.8 Å². The van der Waals surface area contributed by atoms with E-state index in [1.54, 1.807) is 17.2 Å². The summed E-state index contributed by atoms with van der Waals surface area (Å²) in [5, 5.41) is 2.89. The lowest BCUT2D eigenvalue weighted by atomic mass is 9.92. The number of rotatable bonds is 5. The number of aryl methyl sites for hydroxylation is 1. The Labute approximate surface area is 180 Å². The monoisotopic (exact) mass is 419 g/mol. The van der Waals surface area contributed by atoms with Gasteiger partial charge in [0, 0.05) is 5.70 Å². The highest BCUT2D eigenvalue weighted by atomic mass is 16.3. The molecule has 5 rings (SSSR count). The summed E-state index contributed by atoms with van der Waals surface area (Å²) in [7, 11) is 0. The van der Waals surface area contributed by atoms with Crippen molar-refractivity contribution in [3.05, 3.63) is 71.3 Å². The van der Waals surface area contributed by atoms with Gasteiger partial charge in [-0.15, -0.1) is 0 Å². The number of nitrogens with one attached hydrogen (secondary N) is 1. The lowest BCUT2D eigenvalue weighted by Gasteiger charge is -2.28. The Morgan fingerprint density at radius 1 is 1.13 bits per heavy atom. The molecular formula is C24H25N3O4. The molecule has 1 aromatic carbocycles. The molecule has 31 heavy (non-hydrogen) atoms. The molecule has 2 aromatic rings. The van der Waals surface area contributed by atoms with Crippen LogP contribution in [0.1, 0.15) is 49.0 Å². The van der Waals surface area contributed by atoms with Crippen molar-refractivity contribution in [1.82, 2.24) is 15.1 Å². The first-order valence-electron chi connectivity index (χ1n) is 10.8. The highest BCUT2D eigenvalue weighted by Crippen LogP contribution is 2.41. The van der Waals surface area contributed by atoms with Crippen LogP contribution in [0.5, 0.6) is 0 Å². The van der Waals surface area contributed by atoms with Crippen molar-refractivity contribution in [3.8, 4) is 0 Å². The summed E-state index contributed by atoms with van der Waals surface area (Å²) < 4.78 is 5.45. The lowest BCUT2D eigenvalue weighted by molar-refractivity contribution is -0.138. The Morgan fingerprint density at radius 2 is 2.00 bits per heavy atom. The fraction of sp³-hybridized carbons (Fsp3) is 0.375. The average molecular weight is 419 g/mol. The Bertz CT molecular complexity index is 1060. The molecule has 2 aliphatic carbocycles. The van der Waals surface area contributed by atoms with Crippen molar-refractivity contribution in [3.63, 3.8) is 0 Å². The average Bonchev–Trinajstić information content (AvgIpc) is 3.49. The van der Waals surface area contributed by atoms with E-state index < -0.39 is 11.6 Å². The largest absolute Gasteiger partial charge is 0.467 e. The van der Waals surface area contributed by atoms with Crippen LogP contribution in [0.3, 0.4) is 0 Å². The van der Waals surface area contributed by atoms with E-state index in [9.17, 15) is 14.4 Å². The number of nitrogens with zero attached hydrogens (tertiary/aromatic N) is 2. The summed E-state index contributed by atoms with van der Waals surface area (Å²) in [5.74, 6) is 0.0426. The van der Waals surface area contributed by atoms with Gasteiger partial charge in [0.2, 0.25) is 5.91 Å². The molecule has 1 atom stereocenters. The molecule has 1 N–H and O–H groups in total. The predicted molar refractivity (Wildman–Crippen MR) is 112 cm³/mol. The number of imide groups is 1. The predicted octanol–water partition coefficient (Wildman–Crippen LogP) is 3.46. The minimum absolute atomic E-state index is 0.281. The van der Waals surface area contributed by atoms with E-state index in [0.29, 0.717) is 12.2 Å². The Balaban J connectivity index is 1.39. The zero-order valence-corrected chi connectivity index (χ0v) is 17.3. The first-order valence-corrected chi connectivity index (χ1v) is 10.8. The van der Waals surface area contributed by atoms with Gasteiger partial charge in [-0.05, 0) is 61.8 Å². The van der Waals surface area contributed by atoms with Gasteiger partial charge in [0.25, 0.3) is 5.91 Å². The molecule has 160 valence electrons. The number of amides is 4. The molecule has 7 heteroatoms. The van der Waals surface area contributed by atoms with Crippen LogP contribution in [0.2, 0.25) is 0 Å². The van der Waals surface area contributed by atoms with E-state index in [1.165, 1.54) is 0 Å². The number of furan rings is 1. The summed E-state index contributed by atoms with van der Waals surface area (Å²) in [5.41, 5.74) is 1.78. The molecule has 1 spiro atoms. The molecular weight excluding hydrogens is 394 g/mol. The van der Waals surface area contributed by atoms with Crippen molar-refractivity contribution in [2.45, 2.75) is 50.6 Å². The maximum absolute atomic E-state index is 13.4. The van der Waals surface area contributed by atoms with Crippen LogP contribution < -0.4 is 5.32 Å². The van der Waals surface area contributed by atoms with E-state index in [-0.39, 0.29) is 24.9 Å². The van der Waals surface area contributed by atoms with Gasteiger partial charge >= 0.3 is 6.03 Å². The second-order valence-corrected chi connectivity index (χ2v) is 8.38. The summed E-state index contributed by atoms with van der Waals surface area (Å²) in [6, 6.07) is 10.8. The number of hydrogen-bond acceptors (Lipinski definition) is 4. The quantitative estimate of drug-likeness (QED) is 0.753. The second kappa shape index (κ2) is 7.72. The van der Waals surface area contributed by atoms with Crippen molar-refractivity contribution >= 4 is 17.8 Å². The van der Waals surface area contributed by atoms with Gasteiger partial charge in [-0.3, -0.25) is 14.5 Å². The minimum Gasteiger partial charge on any atom is -0.467 e. The third-order valence-electron chi connectivity index (χ3n) is 6.52. The van der Waals surface area contributed by atoms with E-state index >= 15 is 0 Å². The number of urea groups is 1. The molecule has 1 aromatic heterocycles. The summed E-state index contributed by atoms with van der Waals surface area (Å²) >= 11 is 0. The fourth-order valence-corrected chi connectivity index (χ4v) is 4.93. The number of carbonyl (C=O) groups excluding carboxylic acids is 3. The number of hydrogen-bond donors (Lipinski definition) is 1. The SMILES string of the molecule is O=C(CN1C(=O)N[C@]2(CCc3ccccc32)C1=O)N(Cc1ccco1)C1=CCCCC1. The Kier molecular flexibility index (Phi) is 4.88. The molecule has 2 heterocycles. The van der Waals surface area contributed by atoms with Gasteiger partial charge in [0.05, 0.1) is 12.8 Å². The maximum Gasteiger partial charge on any atom is 0.325 e. The van der Waals surface area contributed by atoms with Crippen molar-refractivity contribution < 1.29 is 18.8 Å². The molecule has 0 bridgehead atoms. The van der Waals surface area contributed by atoms with Crippen LogP contribution >= 0.6 is 0 Å². The van der Waals surface area contributed by atoms with Gasteiger partial charge in [-0.1, -0.05) is 30.3 Å². The van der Waals surface area contributed by atoms with Gasteiger partial charge in [0.15, 0.2) is 0 Å². The van der Waals surface area contributed by atoms with Gasteiger partial charge in [-0.2, -0.15) is 0 Å². The zero-order valence-electron chi connectivity index (χ0n) is 17.3. The summed E-state index contributed by atoms with van der Waals surface area (Å²) in [4.78, 5) is 42.3. The van der Waals surface area contributed by atoms with Crippen LogP contribution in [-0.2, 0) is 28.1 Å². The standard InChI is InChI=1S/C24H25N3O4/c28-21(26(15-19-10-6-14-31-19)18-8-2-1-3-9-18)16-27-22(29)24(25-23(27)30)13-12-17-7-4-5-11-20(17)24/h4-8,10-11,14H,1-3,9,12-13,15-16H2,(H,25,30)/t24-/m0/s1. The van der Waals surface area contributed by atoms with Gasteiger partial charge < -0.3 is 14.6 Å². The third kappa shape index (κ3) is 3.34. The van der Waals surface area contributed by atoms with Crippen LogP contribution in [0, 0.1) is 0 Å². The topological polar surface area (TPSA) is 82.9 Å². The maximum atomic E-state index is 13.4. The minimum atomic E-state index is -1.05. The first kappa shape index (κ1) is 19.6. The molecule has 1 fully saturated rings. The van der Waals surface area contributed by atoms with Crippen LogP contribution in [-0.4, -0.2) is 34.2 Å². The van der Waals surface area contributed by atoms with Crippen molar-refractivity contribution in [2.24, 2.45) is 0 Å². The van der Waals surface area contributed by atoms with Crippen molar-refractivity contribution in [2.75, 3.05) is 6.54 Å². The molecule has 3 aliphatic rings. The molecule has 0 unspecified atom stereocenters. The fourth-order valence-electron chi connectivity index (χ4n) is 4.93. The molecule has 1 saturated heterocycles.